The minimum atomic E-state index is 0.614. The summed E-state index contributed by atoms with van der Waals surface area (Å²) in [5, 5.41) is 3.50. The van der Waals surface area contributed by atoms with E-state index in [1.54, 1.807) is 0 Å². The van der Waals surface area contributed by atoms with Gasteiger partial charge in [0.15, 0.2) is 0 Å². The van der Waals surface area contributed by atoms with Crippen LogP contribution >= 0.6 is 0 Å². The van der Waals surface area contributed by atoms with Gasteiger partial charge in [-0.2, -0.15) is 0 Å². The quantitative estimate of drug-likeness (QED) is 0.699. The van der Waals surface area contributed by atoms with E-state index < -0.39 is 0 Å². The second-order valence-corrected chi connectivity index (χ2v) is 5.72. The first-order valence-electron chi connectivity index (χ1n) is 7.30. The Morgan fingerprint density at radius 2 is 2.18 bits per heavy atom. The second-order valence-electron chi connectivity index (χ2n) is 5.72. The lowest BCUT2D eigenvalue weighted by molar-refractivity contribution is 0.161. The van der Waals surface area contributed by atoms with Crippen LogP contribution < -0.4 is 5.32 Å². The number of nitrogens with one attached hydrogen (secondary N) is 1. The minimum Gasteiger partial charge on any atom is -0.381 e. The van der Waals surface area contributed by atoms with E-state index in [1.807, 2.05) is 0 Å². The molecule has 2 fully saturated rings. The van der Waals surface area contributed by atoms with E-state index in [0.717, 1.165) is 25.0 Å². The summed E-state index contributed by atoms with van der Waals surface area (Å²) in [7, 11) is 2.10. The zero-order valence-corrected chi connectivity index (χ0v) is 11.5. The molecule has 17 heavy (non-hydrogen) atoms. The molecule has 1 aliphatic heterocycles. The van der Waals surface area contributed by atoms with E-state index in [-0.39, 0.29) is 0 Å². The average molecular weight is 240 g/mol. The second kappa shape index (κ2) is 6.72. The fraction of sp³-hybridized carbons (Fsp3) is 1.00. The fourth-order valence-corrected chi connectivity index (χ4v) is 2.86. The molecule has 0 aromatic rings. The smallest absolute Gasteiger partial charge is 0.0510 e. The van der Waals surface area contributed by atoms with Crippen LogP contribution in [0.4, 0.5) is 0 Å². The van der Waals surface area contributed by atoms with Gasteiger partial charge >= 0.3 is 0 Å². The zero-order valence-electron chi connectivity index (χ0n) is 11.5. The van der Waals surface area contributed by atoms with Gasteiger partial charge in [-0.05, 0) is 45.2 Å². The molecule has 0 amide bonds. The average Bonchev–Trinajstić information content (AvgIpc) is 2.97. The first-order chi connectivity index (χ1) is 8.33. The van der Waals surface area contributed by atoms with Crippen LogP contribution in [0.25, 0.3) is 0 Å². The summed E-state index contributed by atoms with van der Waals surface area (Å²) in [5.41, 5.74) is 0. The summed E-state index contributed by atoms with van der Waals surface area (Å²) in [6.45, 7) is 7.97. The molecule has 1 heterocycles. The zero-order chi connectivity index (χ0) is 12.1. The first-order valence-corrected chi connectivity index (χ1v) is 7.30. The topological polar surface area (TPSA) is 24.5 Å². The van der Waals surface area contributed by atoms with Crippen molar-refractivity contribution in [2.75, 3.05) is 39.9 Å². The number of nitrogens with zero attached hydrogens (tertiary/aromatic N) is 1. The van der Waals surface area contributed by atoms with Crippen LogP contribution in [0.15, 0.2) is 0 Å². The lowest BCUT2D eigenvalue weighted by atomic mass is 9.98. The van der Waals surface area contributed by atoms with Crippen molar-refractivity contribution in [1.29, 1.82) is 0 Å². The van der Waals surface area contributed by atoms with Crippen LogP contribution in [0.3, 0.4) is 0 Å². The predicted octanol–water partition coefficient (Wildman–Crippen LogP) is 1.73. The van der Waals surface area contributed by atoms with Crippen molar-refractivity contribution >= 4 is 0 Å². The van der Waals surface area contributed by atoms with Crippen LogP contribution in [-0.2, 0) is 4.74 Å². The third-order valence-electron chi connectivity index (χ3n) is 4.11. The van der Waals surface area contributed by atoms with Crippen LogP contribution in [0.5, 0.6) is 0 Å². The third kappa shape index (κ3) is 4.23. The molecular formula is C14H28N2O. The molecule has 2 aliphatic rings. The molecule has 1 N–H and O–H groups in total. The molecule has 2 unspecified atom stereocenters. The lowest BCUT2D eigenvalue weighted by Gasteiger charge is -2.30. The van der Waals surface area contributed by atoms with E-state index >= 15 is 0 Å². The molecule has 2 rings (SSSR count). The lowest BCUT2D eigenvalue weighted by Crippen LogP contribution is -2.45. The highest BCUT2D eigenvalue weighted by molar-refractivity contribution is 4.84. The summed E-state index contributed by atoms with van der Waals surface area (Å²) >= 11 is 0. The third-order valence-corrected chi connectivity index (χ3v) is 4.11. The van der Waals surface area contributed by atoms with Gasteiger partial charge in [-0.25, -0.2) is 0 Å². The molecule has 0 spiro atoms. The van der Waals surface area contributed by atoms with Crippen molar-refractivity contribution in [3.8, 4) is 0 Å². The van der Waals surface area contributed by atoms with E-state index in [2.05, 4.69) is 24.2 Å². The Morgan fingerprint density at radius 3 is 2.71 bits per heavy atom. The van der Waals surface area contributed by atoms with Crippen molar-refractivity contribution < 1.29 is 4.74 Å². The molecule has 2 atom stereocenters. The molecule has 0 aromatic carbocycles. The Bertz CT molecular complexity index is 212. The molecule has 1 saturated carbocycles. The standard InChI is InChI=1S/C14H28N2O/c1-3-7-16(9-12-4-5-12)10-14(15-2)13-6-8-17-11-13/h12-15H,3-11H2,1-2H3. The van der Waals surface area contributed by atoms with Crippen molar-refractivity contribution in [2.24, 2.45) is 11.8 Å². The van der Waals surface area contributed by atoms with Gasteiger partial charge < -0.3 is 15.0 Å². The number of likely N-dealkylation sites (N-methyl/N-ethyl adjacent to an activating group) is 1. The minimum absolute atomic E-state index is 0.614. The largest absolute Gasteiger partial charge is 0.381 e. The molecule has 0 bridgehead atoms. The molecule has 0 aromatic heterocycles. The highest BCUT2D eigenvalue weighted by atomic mass is 16.5. The van der Waals surface area contributed by atoms with Crippen LogP contribution in [0, 0.1) is 11.8 Å². The molecule has 0 radical (unpaired) electrons. The summed E-state index contributed by atoms with van der Waals surface area (Å²) in [6, 6.07) is 0.614. The van der Waals surface area contributed by atoms with Gasteiger partial charge in [-0.15, -0.1) is 0 Å². The Balaban J connectivity index is 1.79. The van der Waals surface area contributed by atoms with Crippen molar-refractivity contribution in [3.05, 3.63) is 0 Å². The molecule has 1 saturated heterocycles. The monoisotopic (exact) mass is 240 g/mol. The normalized spacial score (nSPS) is 26.6. The van der Waals surface area contributed by atoms with Crippen molar-refractivity contribution in [3.63, 3.8) is 0 Å². The van der Waals surface area contributed by atoms with E-state index in [4.69, 9.17) is 4.74 Å². The fourth-order valence-electron chi connectivity index (χ4n) is 2.86. The highest BCUT2D eigenvalue weighted by Gasteiger charge is 2.29. The Labute approximate surface area is 106 Å². The highest BCUT2D eigenvalue weighted by Crippen LogP contribution is 2.30. The van der Waals surface area contributed by atoms with Crippen LogP contribution in [-0.4, -0.2) is 50.8 Å². The number of rotatable bonds is 8. The van der Waals surface area contributed by atoms with Crippen molar-refractivity contribution in [1.82, 2.24) is 10.2 Å². The molecular weight excluding hydrogens is 212 g/mol. The summed E-state index contributed by atoms with van der Waals surface area (Å²) in [6.07, 6.45) is 5.41. The first kappa shape index (κ1) is 13.3. The maximum atomic E-state index is 5.52. The molecule has 3 nitrogen and oxygen atoms in total. The predicted molar refractivity (Wildman–Crippen MR) is 71.2 cm³/mol. The van der Waals surface area contributed by atoms with Crippen molar-refractivity contribution in [2.45, 2.75) is 38.6 Å². The Kier molecular flexibility index (Phi) is 5.26. The maximum Gasteiger partial charge on any atom is 0.0510 e. The van der Waals surface area contributed by atoms with E-state index in [1.165, 1.54) is 45.3 Å². The van der Waals surface area contributed by atoms with Gasteiger partial charge in [0, 0.05) is 31.7 Å². The summed E-state index contributed by atoms with van der Waals surface area (Å²) < 4.78 is 5.52. The van der Waals surface area contributed by atoms with Crippen LogP contribution in [0.2, 0.25) is 0 Å². The summed E-state index contributed by atoms with van der Waals surface area (Å²) in [4.78, 5) is 2.66. The van der Waals surface area contributed by atoms with Gasteiger partial charge in [-0.1, -0.05) is 6.92 Å². The molecule has 1 aliphatic carbocycles. The van der Waals surface area contributed by atoms with Crippen LogP contribution in [0.1, 0.15) is 32.6 Å². The van der Waals surface area contributed by atoms with E-state index in [0.29, 0.717) is 6.04 Å². The Morgan fingerprint density at radius 1 is 1.35 bits per heavy atom. The SMILES string of the molecule is CCCN(CC1CC1)CC(NC)C1CCOC1. The van der Waals surface area contributed by atoms with Gasteiger partial charge in [0.25, 0.3) is 0 Å². The Hall–Kier alpha value is -0.120. The number of hydrogen-bond acceptors (Lipinski definition) is 3. The number of hydrogen-bond donors (Lipinski definition) is 1. The van der Waals surface area contributed by atoms with E-state index in [9.17, 15) is 0 Å². The van der Waals surface area contributed by atoms with Gasteiger partial charge in [0.1, 0.15) is 0 Å². The molecule has 3 heteroatoms. The van der Waals surface area contributed by atoms with Gasteiger partial charge in [-0.3, -0.25) is 0 Å². The molecule has 100 valence electrons. The maximum absolute atomic E-state index is 5.52. The number of ether oxygens (including phenoxy) is 1. The summed E-state index contributed by atoms with van der Waals surface area (Å²) in [5.74, 6) is 1.72. The van der Waals surface area contributed by atoms with Gasteiger partial charge in [0.2, 0.25) is 0 Å². The van der Waals surface area contributed by atoms with Gasteiger partial charge in [0.05, 0.1) is 6.61 Å².